The predicted molar refractivity (Wildman–Crippen MR) is 100 cm³/mol. The van der Waals surface area contributed by atoms with E-state index in [-0.39, 0.29) is 6.03 Å². The minimum absolute atomic E-state index is 0.0237. The summed E-state index contributed by atoms with van der Waals surface area (Å²) in [4.78, 5) is 16.5. The lowest BCUT2D eigenvalue weighted by atomic mass is 10.1. The number of piperazine rings is 1. The first-order chi connectivity index (χ1) is 12.3. The Morgan fingerprint density at radius 2 is 1.68 bits per heavy atom. The van der Waals surface area contributed by atoms with E-state index in [9.17, 15) is 4.79 Å². The van der Waals surface area contributed by atoms with Gasteiger partial charge in [-0.3, -0.25) is 0 Å². The molecular formula is C20H25N3O2. The molecule has 1 aliphatic rings. The van der Waals surface area contributed by atoms with Crippen LogP contribution in [0.1, 0.15) is 5.56 Å². The number of benzene rings is 2. The molecule has 132 valence electrons. The standard InChI is InChI=1S/C20H25N3O2/c1-25-19-10-6-5-9-18(19)22-13-15-23(16-14-22)20(24)21-12-11-17-7-3-2-4-8-17/h2-10H,11-16H2,1H3,(H,21,24). The van der Waals surface area contributed by atoms with Crippen LogP contribution in [0.5, 0.6) is 5.75 Å². The largest absolute Gasteiger partial charge is 0.495 e. The fourth-order valence-electron chi connectivity index (χ4n) is 3.11. The van der Waals surface area contributed by atoms with Crippen LogP contribution in [0.15, 0.2) is 54.6 Å². The van der Waals surface area contributed by atoms with Gasteiger partial charge >= 0.3 is 6.03 Å². The van der Waals surface area contributed by atoms with Crippen LogP contribution in [-0.2, 0) is 6.42 Å². The molecule has 2 aromatic rings. The Hall–Kier alpha value is -2.69. The Labute approximate surface area is 149 Å². The molecule has 0 saturated carbocycles. The molecule has 0 atom stereocenters. The summed E-state index contributed by atoms with van der Waals surface area (Å²) in [5, 5.41) is 3.02. The highest BCUT2D eigenvalue weighted by Gasteiger charge is 2.22. The second-order valence-corrected chi connectivity index (χ2v) is 6.11. The molecule has 3 rings (SSSR count). The summed E-state index contributed by atoms with van der Waals surface area (Å²) in [6.07, 6.45) is 0.855. The average Bonchev–Trinajstić information content (AvgIpc) is 2.69. The first-order valence-corrected chi connectivity index (χ1v) is 8.72. The molecule has 2 amide bonds. The third-order valence-corrected chi connectivity index (χ3v) is 4.53. The van der Waals surface area contributed by atoms with Gasteiger partial charge in [0.2, 0.25) is 0 Å². The second-order valence-electron chi connectivity index (χ2n) is 6.11. The van der Waals surface area contributed by atoms with Gasteiger partial charge in [0, 0.05) is 32.7 Å². The number of methoxy groups -OCH3 is 1. The topological polar surface area (TPSA) is 44.8 Å². The minimum atomic E-state index is 0.0237. The Bertz CT molecular complexity index is 682. The molecule has 25 heavy (non-hydrogen) atoms. The molecule has 5 nitrogen and oxygen atoms in total. The fraction of sp³-hybridized carbons (Fsp3) is 0.350. The molecule has 1 N–H and O–H groups in total. The smallest absolute Gasteiger partial charge is 0.317 e. The number of carbonyl (C=O) groups is 1. The highest BCUT2D eigenvalue weighted by atomic mass is 16.5. The van der Waals surface area contributed by atoms with Crippen molar-refractivity contribution in [3.63, 3.8) is 0 Å². The number of para-hydroxylation sites is 2. The Morgan fingerprint density at radius 3 is 2.40 bits per heavy atom. The number of carbonyl (C=O) groups excluding carboxylic acids is 1. The quantitative estimate of drug-likeness (QED) is 0.911. The SMILES string of the molecule is COc1ccccc1N1CCN(C(=O)NCCc2ccccc2)CC1. The predicted octanol–water partition coefficient (Wildman–Crippen LogP) is 2.77. The third-order valence-electron chi connectivity index (χ3n) is 4.53. The Balaban J connectivity index is 1.46. The summed E-state index contributed by atoms with van der Waals surface area (Å²) in [6, 6.07) is 18.3. The maximum absolute atomic E-state index is 12.3. The zero-order chi connectivity index (χ0) is 17.5. The maximum atomic E-state index is 12.3. The number of amides is 2. The minimum Gasteiger partial charge on any atom is -0.495 e. The molecule has 5 heteroatoms. The first kappa shape index (κ1) is 17.1. The van der Waals surface area contributed by atoms with Gasteiger partial charge in [0.1, 0.15) is 5.75 Å². The molecule has 0 aromatic heterocycles. The molecule has 0 aliphatic carbocycles. The molecule has 0 radical (unpaired) electrons. The lowest BCUT2D eigenvalue weighted by Crippen LogP contribution is -2.52. The van der Waals surface area contributed by atoms with Crippen molar-refractivity contribution in [1.82, 2.24) is 10.2 Å². The Kier molecular flexibility index (Phi) is 5.77. The molecule has 0 unspecified atom stereocenters. The normalized spacial score (nSPS) is 14.3. The van der Waals surface area contributed by atoms with Crippen LogP contribution in [0.2, 0.25) is 0 Å². The lowest BCUT2D eigenvalue weighted by molar-refractivity contribution is 0.194. The third kappa shape index (κ3) is 4.44. The van der Waals surface area contributed by atoms with E-state index < -0.39 is 0 Å². The van der Waals surface area contributed by atoms with E-state index in [2.05, 4.69) is 28.4 Å². The van der Waals surface area contributed by atoms with E-state index in [4.69, 9.17) is 4.74 Å². The summed E-state index contributed by atoms with van der Waals surface area (Å²) in [6.45, 7) is 3.72. The molecule has 2 aromatic carbocycles. The van der Waals surface area contributed by atoms with Crippen molar-refractivity contribution >= 4 is 11.7 Å². The van der Waals surface area contributed by atoms with E-state index in [1.54, 1.807) is 7.11 Å². The van der Waals surface area contributed by atoms with Crippen LogP contribution in [0.25, 0.3) is 0 Å². The van der Waals surface area contributed by atoms with Crippen LogP contribution in [-0.4, -0.2) is 50.8 Å². The number of ether oxygens (including phenoxy) is 1. The number of hydrogen-bond donors (Lipinski definition) is 1. The van der Waals surface area contributed by atoms with Crippen molar-refractivity contribution in [1.29, 1.82) is 0 Å². The summed E-state index contributed by atoms with van der Waals surface area (Å²) in [7, 11) is 1.69. The van der Waals surface area contributed by atoms with E-state index in [0.717, 1.165) is 44.0 Å². The molecule has 1 aliphatic heterocycles. The van der Waals surface area contributed by atoms with Crippen LogP contribution < -0.4 is 15.0 Å². The van der Waals surface area contributed by atoms with E-state index in [0.29, 0.717) is 6.54 Å². The molecular weight excluding hydrogens is 314 g/mol. The summed E-state index contributed by atoms with van der Waals surface area (Å²) < 4.78 is 5.43. The highest BCUT2D eigenvalue weighted by molar-refractivity contribution is 5.74. The highest BCUT2D eigenvalue weighted by Crippen LogP contribution is 2.28. The molecule has 1 fully saturated rings. The van der Waals surface area contributed by atoms with Gasteiger partial charge in [0.25, 0.3) is 0 Å². The number of anilines is 1. The van der Waals surface area contributed by atoms with E-state index >= 15 is 0 Å². The van der Waals surface area contributed by atoms with Gasteiger partial charge in [0.15, 0.2) is 0 Å². The molecule has 0 spiro atoms. The number of rotatable bonds is 5. The second kappa shape index (κ2) is 8.42. The van der Waals surface area contributed by atoms with Crippen LogP contribution in [0.4, 0.5) is 10.5 Å². The van der Waals surface area contributed by atoms with Crippen molar-refractivity contribution < 1.29 is 9.53 Å². The van der Waals surface area contributed by atoms with Crippen LogP contribution in [0.3, 0.4) is 0 Å². The monoisotopic (exact) mass is 339 g/mol. The zero-order valence-electron chi connectivity index (χ0n) is 14.6. The van der Waals surface area contributed by atoms with Crippen molar-refractivity contribution in [3.8, 4) is 5.75 Å². The van der Waals surface area contributed by atoms with Gasteiger partial charge in [0.05, 0.1) is 12.8 Å². The molecule has 0 bridgehead atoms. The van der Waals surface area contributed by atoms with Crippen molar-refractivity contribution in [2.45, 2.75) is 6.42 Å². The van der Waals surface area contributed by atoms with Gasteiger partial charge in [-0.2, -0.15) is 0 Å². The first-order valence-electron chi connectivity index (χ1n) is 8.72. The molecule has 1 heterocycles. The van der Waals surface area contributed by atoms with Gasteiger partial charge < -0.3 is 19.9 Å². The number of hydrogen-bond acceptors (Lipinski definition) is 3. The average molecular weight is 339 g/mol. The zero-order valence-corrected chi connectivity index (χ0v) is 14.6. The summed E-state index contributed by atoms with van der Waals surface area (Å²) >= 11 is 0. The van der Waals surface area contributed by atoms with Gasteiger partial charge in [-0.15, -0.1) is 0 Å². The van der Waals surface area contributed by atoms with Crippen molar-refractivity contribution in [3.05, 3.63) is 60.2 Å². The van der Waals surface area contributed by atoms with Crippen molar-refractivity contribution in [2.75, 3.05) is 44.7 Å². The number of nitrogens with zero attached hydrogens (tertiary/aromatic N) is 2. The molecule has 1 saturated heterocycles. The van der Waals surface area contributed by atoms with E-state index in [1.165, 1.54) is 5.56 Å². The van der Waals surface area contributed by atoms with Gasteiger partial charge in [-0.05, 0) is 24.1 Å². The lowest BCUT2D eigenvalue weighted by Gasteiger charge is -2.36. The maximum Gasteiger partial charge on any atom is 0.317 e. The Morgan fingerprint density at radius 1 is 1.00 bits per heavy atom. The number of urea groups is 1. The fourth-order valence-corrected chi connectivity index (χ4v) is 3.11. The van der Waals surface area contributed by atoms with Crippen LogP contribution in [0, 0.1) is 0 Å². The van der Waals surface area contributed by atoms with Gasteiger partial charge in [-0.1, -0.05) is 42.5 Å². The van der Waals surface area contributed by atoms with Gasteiger partial charge in [-0.25, -0.2) is 4.79 Å². The summed E-state index contributed by atoms with van der Waals surface area (Å²) in [5.41, 5.74) is 2.33. The van der Waals surface area contributed by atoms with Crippen molar-refractivity contribution in [2.24, 2.45) is 0 Å². The summed E-state index contributed by atoms with van der Waals surface area (Å²) in [5.74, 6) is 0.878. The van der Waals surface area contributed by atoms with Crippen LogP contribution >= 0.6 is 0 Å². The van der Waals surface area contributed by atoms with E-state index in [1.807, 2.05) is 41.3 Å². The number of nitrogens with one attached hydrogen (secondary N) is 1.